The van der Waals surface area contributed by atoms with Crippen LogP contribution in [0.5, 0.6) is 0 Å². The first-order chi connectivity index (χ1) is 13.9. The lowest BCUT2D eigenvalue weighted by Crippen LogP contribution is -2.36. The largest absolute Gasteiger partial charge is 0.416 e. The van der Waals surface area contributed by atoms with Gasteiger partial charge in [0.25, 0.3) is 0 Å². The average molecular weight is 507 g/mol. The van der Waals surface area contributed by atoms with Crippen molar-refractivity contribution < 1.29 is 13.2 Å². The van der Waals surface area contributed by atoms with E-state index in [9.17, 15) is 13.2 Å². The van der Waals surface area contributed by atoms with Gasteiger partial charge in [-0.1, -0.05) is 83.3 Å². The fourth-order valence-electron chi connectivity index (χ4n) is 3.77. The number of benzene rings is 3. The monoisotopic (exact) mass is 507 g/mol. The molecule has 0 saturated carbocycles. The number of hydrogen-bond acceptors (Lipinski definition) is 1. The molecule has 0 N–H and O–H groups in total. The van der Waals surface area contributed by atoms with Crippen molar-refractivity contribution in [2.24, 2.45) is 0 Å². The predicted octanol–water partition coefficient (Wildman–Crippen LogP) is 6.95. The van der Waals surface area contributed by atoms with Crippen molar-refractivity contribution in [3.63, 3.8) is 0 Å². The molecule has 0 bridgehead atoms. The first-order valence-electron chi connectivity index (χ1n) is 9.62. The molecule has 0 saturated heterocycles. The fraction of sp³-hybridized carbons (Fsp3) is 0.250. The summed E-state index contributed by atoms with van der Waals surface area (Å²) in [4.78, 5) is 2.38. The van der Waals surface area contributed by atoms with Crippen molar-refractivity contribution in [2.45, 2.75) is 23.1 Å². The van der Waals surface area contributed by atoms with Crippen LogP contribution in [0.25, 0.3) is 16.3 Å². The molecule has 1 aliphatic rings. The van der Waals surface area contributed by atoms with E-state index in [1.165, 1.54) is 28.5 Å². The van der Waals surface area contributed by atoms with Gasteiger partial charge in [0.1, 0.15) is 0 Å². The maximum absolute atomic E-state index is 13.0. The van der Waals surface area contributed by atoms with Gasteiger partial charge in [-0.25, -0.2) is 0 Å². The highest BCUT2D eigenvalue weighted by atomic mass is 127. The molecule has 1 atom stereocenters. The molecule has 0 amide bonds. The smallest absolute Gasteiger partial charge is 0.287 e. The van der Waals surface area contributed by atoms with E-state index in [2.05, 4.69) is 70.0 Å². The second kappa shape index (κ2) is 8.48. The first kappa shape index (κ1) is 20.4. The first-order valence-corrected chi connectivity index (χ1v) is 10.9. The molecule has 0 aromatic heterocycles. The molecular formula is C24H21F3IN. The molecule has 0 aliphatic carbocycles. The molecule has 1 aliphatic heterocycles. The summed E-state index contributed by atoms with van der Waals surface area (Å²) in [6.07, 6.45) is -0.525. The lowest BCUT2D eigenvalue weighted by molar-refractivity contribution is -0.137. The minimum Gasteiger partial charge on any atom is -0.287 e. The summed E-state index contributed by atoms with van der Waals surface area (Å²) in [5, 5.41) is 2.50. The fourth-order valence-corrected chi connectivity index (χ4v) is 4.75. The Kier molecular flexibility index (Phi) is 5.97. The van der Waals surface area contributed by atoms with E-state index in [0.29, 0.717) is 5.56 Å². The lowest BCUT2D eigenvalue weighted by Gasteiger charge is -2.32. The highest BCUT2D eigenvalue weighted by Crippen LogP contribution is 2.34. The van der Waals surface area contributed by atoms with Gasteiger partial charge >= 0.3 is 6.18 Å². The Balaban J connectivity index is 1.43. The van der Waals surface area contributed by atoms with Crippen molar-refractivity contribution in [3.05, 3.63) is 89.5 Å². The number of rotatable bonds is 4. The van der Waals surface area contributed by atoms with Gasteiger partial charge < -0.3 is 0 Å². The normalized spacial score (nSPS) is 18.1. The zero-order valence-electron chi connectivity index (χ0n) is 15.8. The van der Waals surface area contributed by atoms with E-state index in [-0.39, 0.29) is 4.05 Å². The van der Waals surface area contributed by atoms with Crippen molar-refractivity contribution >= 4 is 38.9 Å². The summed E-state index contributed by atoms with van der Waals surface area (Å²) in [5.74, 6) is 0. The molecule has 1 nitrogen and oxygen atoms in total. The molecule has 29 heavy (non-hydrogen) atoms. The number of halogens is 4. The van der Waals surface area contributed by atoms with E-state index in [0.717, 1.165) is 37.6 Å². The average Bonchev–Trinajstić information content (AvgIpc) is 2.72. The minimum atomic E-state index is -4.30. The van der Waals surface area contributed by atoms with E-state index in [1.54, 1.807) is 6.07 Å². The van der Waals surface area contributed by atoms with Crippen molar-refractivity contribution in [2.75, 3.05) is 13.1 Å². The van der Waals surface area contributed by atoms with Gasteiger partial charge in [-0.05, 0) is 52.4 Å². The van der Waals surface area contributed by atoms with Gasteiger partial charge in [-0.15, -0.1) is 0 Å². The van der Waals surface area contributed by atoms with Crippen LogP contribution in [-0.2, 0) is 12.6 Å². The van der Waals surface area contributed by atoms with Gasteiger partial charge in [0, 0.05) is 13.1 Å². The maximum atomic E-state index is 13.0. The van der Waals surface area contributed by atoms with E-state index in [4.69, 9.17) is 0 Å². The molecule has 0 fully saturated rings. The van der Waals surface area contributed by atoms with Crippen LogP contribution in [0.2, 0.25) is 0 Å². The summed E-state index contributed by atoms with van der Waals surface area (Å²) in [6.45, 7) is 1.69. The van der Waals surface area contributed by atoms with Crippen LogP contribution in [0.15, 0.2) is 72.8 Å². The number of nitrogens with zero attached hydrogens (tertiary/aromatic N) is 1. The third-order valence-corrected chi connectivity index (χ3v) is 6.65. The Morgan fingerprint density at radius 3 is 2.48 bits per heavy atom. The summed E-state index contributed by atoms with van der Waals surface area (Å²) in [5.41, 5.74) is 2.40. The zero-order chi connectivity index (χ0) is 20.4. The molecule has 3 aromatic carbocycles. The number of fused-ring (bicyclic) bond motifs is 1. The van der Waals surface area contributed by atoms with E-state index in [1.807, 2.05) is 6.07 Å². The van der Waals surface area contributed by atoms with Crippen LogP contribution >= 0.6 is 22.6 Å². The van der Waals surface area contributed by atoms with Crippen LogP contribution < -0.4 is 0 Å². The molecular weight excluding hydrogens is 486 g/mol. The van der Waals surface area contributed by atoms with Crippen molar-refractivity contribution in [1.29, 1.82) is 0 Å². The van der Waals surface area contributed by atoms with Crippen molar-refractivity contribution in [1.82, 2.24) is 4.90 Å². The molecule has 1 heterocycles. The number of alkyl halides is 4. The molecule has 3 aromatic rings. The Morgan fingerprint density at radius 2 is 1.72 bits per heavy atom. The Labute approximate surface area is 182 Å². The van der Waals surface area contributed by atoms with E-state index >= 15 is 0 Å². The highest BCUT2D eigenvalue weighted by Gasteiger charge is 2.31. The second-order valence-electron chi connectivity index (χ2n) is 7.37. The van der Waals surface area contributed by atoms with Gasteiger partial charge in [0.05, 0.1) is 9.61 Å². The Bertz CT molecular complexity index is 1040. The maximum Gasteiger partial charge on any atom is 0.416 e. The zero-order valence-corrected chi connectivity index (χ0v) is 18.0. The predicted molar refractivity (Wildman–Crippen MR) is 121 cm³/mol. The summed E-state index contributed by atoms with van der Waals surface area (Å²) < 4.78 is 39.3. The van der Waals surface area contributed by atoms with E-state index < -0.39 is 11.7 Å². The number of hydrogen-bond donors (Lipinski definition) is 0. The topological polar surface area (TPSA) is 3.24 Å². The van der Waals surface area contributed by atoms with Gasteiger partial charge in [0.15, 0.2) is 0 Å². The molecule has 0 radical (unpaired) electrons. The van der Waals surface area contributed by atoms with Crippen LogP contribution in [0.3, 0.4) is 0 Å². The molecule has 0 spiro atoms. The van der Waals surface area contributed by atoms with Crippen LogP contribution in [-0.4, -0.2) is 22.0 Å². The third-order valence-electron chi connectivity index (χ3n) is 5.42. The standard InChI is InChI=1S/C24H21F3IN/c25-24(26,27)22-7-3-6-20(15-22)21-11-13-29(23(28)16-21)12-10-17-8-9-18-4-1-2-5-19(18)14-17/h1-9,11,14-15,23H,10,12-13,16H2. The van der Waals surface area contributed by atoms with Gasteiger partial charge in [-0.2, -0.15) is 13.2 Å². The van der Waals surface area contributed by atoms with Gasteiger partial charge in [0.2, 0.25) is 0 Å². The molecule has 4 rings (SSSR count). The second-order valence-corrected chi connectivity index (χ2v) is 8.81. The molecule has 1 unspecified atom stereocenters. The summed E-state index contributed by atoms with van der Waals surface area (Å²) in [7, 11) is 0. The molecule has 5 heteroatoms. The quantitative estimate of drug-likeness (QED) is 0.210. The summed E-state index contributed by atoms with van der Waals surface area (Å²) in [6, 6.07) is 20.6. The lowest BCUT2D eigenvalue weighted by atomic mass is 9.97. The Morgan fingerprint density at radius 1 is 0.931 bits per heavy atom. The third kappa shape index (κ3) is 4.83. The van der Waals surface area contributed by atoms with Crippen LogP contribution in [0.1, 0.15) is 23.1 Å². The Hall–Kier alpha value is -1.86. The SMILES string of the molecule is FC(F)(F)c1cccc(C2=CCN(CCc3ccc4ccccc4c3)C(I)C2)c1. The summed E-state index contributed by atoms with van der Waals surface area (Å²) >= 11 is 2.41. The van der Waals surface area contributed by atoms with Crippen LogP contribution in [0.4, 0.5) is 13.2 Å². The minimum absolute atomic E-state index is 0.266. The van der Waals surface area contributed by atoms with Crippen molar-refractivity contribution in [3.8, 4) is 0 Å². The van der Waals surface area contributed by atoms with Crippen LogP contribution in [0, 0.1) is 0 Å². The highest BCUT2D eigenvalue weighted by molar-refractivity contribution is 14.1. The van der Waals surface area contributed by atoms with Gasteiger partial charge in [-0.3, -0.25) is 4.90 Å². The molecule has 150 valence electrons.